The van der Waals surface area contributed by atoms with Crippen LogP contribution in [0.25, 0.3) is 11.2 Å². The summed E-state index contributed by atoms with van der Waals surface area (Å²) >= 11 is 0. The number of hydrogen-bond donors (Lipinski definition) is 3. The van der Waals surface area contributed by atoms with Gasteiger partial charge < -0.3 is 25.4 Å². The van der Waals surface area contributed by atoms with E-state index in [1.807, 2.05) is 0 Å². The highest BCUT2D eigenvalue weighted by Crippen LogP contribution is 2.41. The van der Waals surface area contributed by atoms with Gasteiger partial charge in [-0.1, -0.05) is 0 Å². The van der Waals surface area contributed by atoms with Crippen LogP contribution in [0.15, 0.2) is 6.33 Å². The Labute approximate surface area is 130 Å². The molecule has 2 aromatic rings. The van der Waals surface area contributed by atoms with Gasteiger partial charge >= 0.3 is 0 Å². The number of imidazole rings is 1. The molecule has 1 saturated heterocycles. The van der Waals surface area contributed by atoms with E-state index in [0.717, 1.165) is 0 Å². The molecule has 10 heteroatoms. The zero-order chi connectivity index (χ0) is 16.8. The van der Waals surface area contributed by atoms with Crippen molar-refractivity contribution in [3.05, 3.63) is 6.33 Å². The average Bonchev–Trinajstić information content (AvgIpc) is 3.00. The number of alkyl halides is 1. The molecule has 126 valence electrons. The molecule has 2 aromatic heterocycles. The van der Waals surface area contributed by atoms with E-state index in [9.17, 15) is 14.6 Å². The van der Waals surface area contributed by atoms with Gasteiger partial charge in [0, 0.05) is 0 Å². The molecule has 0 saturated carbocycles. The van der Waals surface area contributed by atoms with Crippen molar-refractivity contribution in [2.75, 3.05) is 18.9 Å². The lowest BCUT2D eigenvalue weighted by atomic mass is 9.98. The van der Waals surface area contributed by atoms with Crippen molar-refractivity contribution in [2.24, 2.45) is 0 Å². The smallest absolute Gasteiger partial charge is 0.247 e. The van der Waals surface area contributed by atoms with Crippen molar-refractivity contribution in [3.63, 3.8) is 0 Å². The minimum absolute atomic E-state index is 0.0455. The molecule has 0 unspecified atom stereocenters. The minimum atomic E-state index is -1.87. The summed E-state index contributed by atoms with van der Waals surface area (Å²) in [7, 11) is 0. The Kier molecular flexibility index (Phi) is 3.82. The van der Waals surface area contributed by atoms with Crippen molar-refractivity contribution in [1.82, 2.24) is 19.5 Å². The van der Waals surface area contributed by atoms with Gasteiger partial charge in [-0.15, -0.1) is 0 Å². The third-order valence-corrected chi connectivity index (χ3v) is 3.81. The predicted molar refractivity (Wildman–Crippen MR) is 77.4 cm³/mol. The molecule has 0 aromatic carbocycles. The summed E-state index contributed by atoms with van der Waals surface area (Å²) in [5.74, 6) is 0.151. The molecular weight excluding hydrogens is 309 g/mol. The lowest BCUT2D eigenvalue weighted by molar-refractivity contribution is -0.0892. The Morgan fingerprint density at radius 2 is 2.26 bits per heavy atom. The predicted octanol–water partition coefficient (Wildman–Crippen LogP) is -0.214. The van der Waals surface area contributed by atoms with Crippen molar-refractivity contribution in [2.45, 2.75) is 38.0 Å². The Morgan fingerprint density at radius 1 is 1.52 bits per heavy atom. The summed E-state index contributed by atoms with van der Waals surface area (Å²) < 4.78 is 26.4. The molecule has 1 aliphatic heterocycles. The molecule has 4 N–H and O–H groups in total. The summed E-state index contributed by atoms with van der Waals surface area (Å²) in [5.41, 5.74) is 4.37. The second-order valence-corrected chi connectivity index (χ2v) is 5.48. The lowest BCUT2D eigenvalue weighted by Gasteiger charge is -2.26. The maximum atomic E-state index is 14.2. The fraction of sp³-hybridized carbons (Fsp3) is 0.615. The highest BCUT2D eigenvalue weighted by atomic mass is 19.1. The van der Waals surface area contributed by atoms with Crippen molar-refractivity contribution >= 4 is 17.1 Å². The van der Waals surface area contributed by atoms with Gasteiger partial charge in [-0.2, -0.15) is 9.97 Å². The van der Waals surface area contributed by atoms with E-state index in [2.05, 4.69) is 15.0 Å². The molecule has 1 aliphatic rings. The number of ether oxygens (including phenoxy) is 2. The first-order valence-corrected chi connectivity index (χ1v) is 7.15. The quantitative estimate of drug-likeness (QED) is 0.703. The summed E-state index contributed by atoms with van der Waals surface area (Å²) in [6.07, 6.45) is -2.69. The van der Waals surface area contributed by atoms with Crippen LogP contribution in [0.4, 0.5) is 10.3 Å². The van der Waals surface area contributed by atoms with Gasteiger partial charge in [0.15, 0.2) is 23.6 Å². The Bertz CT molecular complexity index is 722. The normalized spacial score (nSPS) is 30.9. The molecule has 0 spiro atoms. The third-order valence-electron chi connectivity index (χ3n) is 3.81. The maximum Gasteiger partial charge on any atom is 0.247 e. The third kappa shape index (κ3) is 2.38. The number of rotatable bonds is 4. The van der Waals surface area contributed by atoms with Crippen LogP contribution in [-0.2, 0) is 4.74 Å². The van der Waals surface area contributed by atoms with Crippen LogP contribution in [0.2, 0.25) is 0 Å². The number of nitrogen functional groups attached to an aromatic ring is 1. The van der Waals surface area contributed by atoms with Crippen molar-refractivity contribution in [1.29, 1.82) is 0 Å². The SMILES string of the molecule is CCOc1nc(N)nc2c1ncn2[C@H]1O[C@H](CO)[C@@H](F)[C@@]1(C)O. The van der Waals surface area contributed by atoms with Gasteiger partial charge in [0.1, 0.15) is 11.7 Å². The lowest BCUT2D eigenvalue weighted by Crippen LogP contribution is -2.41. The highest BCUT2D eigenvalue weighted by Gasteiger charge is 2.54. The molecule has 0 aliphatic carbocycles. The summed E-state index contributed by atoms with van der Waals surface area (Å²) in [4.78, 5) is 12.2. The van der Waals surface area contributed by atoms with Gasteiger partial charge in [-0.05, 0) is 13.8 Å². The molecule has 0 bridgehead atoms. The summed E-state index contributed by atoms with van der Waals surface area (Å²) in [6, 6.07) is 0. The zero-order valence-electron chi connectivity index (χ0n) is 12.7. The first-order valence-electron chi connectivity index (χ1n) is 7.15. The van der Waals surface area contributed by atoms with E-state index >= 15 is 0 Å². The Hall–Kier alpha value is -2.04. The van der Waals surface area contributed by atoms with Gasteiger partial charge in [0.25, 0.3) is 0 Å². The van der Waals surface area contributed by atoms with Crippen LogP contribution in [0.3, 0.4) is 0 Å². The van der Waals surface area contributed by atoms with E-state index in [1.54, 1.807) is 6.92 Å². The molecular formula is C13H18FN5O4. The monoisotopic (exact) mass is 327 g/mol. The average molecular weight is 327 g/mol. The number of hydrogen-bond acceptors (Lipinski definition) is 8. The molecule has 1 fully saturated rings. The summed E-state index contributed by atoms with van der Waals surface area (Å²) in [5, 5.41) is 19.6. The van der Waals surface area contributed by atoms with E-state index in [-0.39, 0.29) is 17.5 Å². The van der Waals surface area contributed by atoms with Gasteiger partial charge in [0.05, 0.1) is 19.5 Å². The van der Waals surface area contributed by atoms with Crippen LogP contribution >= 0.6 is 0 Å². The molecule has 4 atom stereocenters. The number of nitrogens with zero attached hydrogens (tertiary/aromatic N) is 4. The van der Waals surface area contributed by atoms with Gasteiger partial charge in [0.2, 0.25) is 11.8 Å². The number of anilines is 1. The molecule has 3 heterocycles. The van der Waals surface area contributed by atoms with Crippen molar-refractivity contribution < 1.29 is 24.1 Å². The topological polar surface area (TPSA) is 129 Å². The fourth-order valence-electron chi connectivity index (χ4n) is 2.68. The summed E-state index contributed by atoms with van der Waals surface area (Å²) in [6.45, 7) is 2.88. The second kappa shape index (κ2) is 5.55. The van der Waals surface area contributed by atoms with Crippen LogP contribution < -0.4 is 10.5 Å². The first-order chi connectivity index (χ1) is 10.9. The Morgan fingerprint density at radius 3 is 2.87 bits per heavy atom. The van der Waals surface area contributed by atoms with E-state index in [4.69, 9.17) is 15.2 Å². The number of aliphatic hydroxyl groups is 2. The van der Waals surface area contributed by atoms with Crippen LogP contribution in [0, 0.1) is 0 Å². The number of nitrogens with two attached hydrogens (primary N) is 1. The van der Waals surface area contributed by atoms with Gasteiger partial charge in [-0.25, -0.2) is 9.37 Å². The van der Waals surface area contributed by atoms with Crippen LogP contribution in [0.5, 0.6) is 5.88 Å². The fourth-order valence-corrected chi connectivity index (χ4v) is 2.68. The largest absolute Gasteiger partial charge is 0.476 e. The number of halogens is 1. The van der Waals surface area contributed by atoms with Crippen LogP contribution in [-0.4, -0.2) is 60.8 Å². The first kappa shape index (κ1) is 15.8. The maximum absolute atomic E-state index is 14.2. The van der Waals surface area contributed by atoms with Crippen LogP contribution in [0.1, 0.15) is 20.1 Å². The van der Waals surface area contributed by atoms with Crippen molar-refractivity contribution in [3.8, 4) is 5.88 Å². The highest BCUT2D eigenvalue weighted by molar-refractivity contribution is 5.77. The van der Waals surface area contributed by atoms with E-state index in [1.165, 1.54) is 17.8 Å². The molecule has 0 radical (unpaired) electrons. The second-order valence-electron chi connectivity index (χ2n) is 5.48. The van der Waals surface area contributed by atoms with E-state index < -0.39 is 30.7 Å². The van der Waals surface area contributed by atoms with E-state index in [0.29, 0.717) is 12.1 Å². The Balaban J connectivity index is 2.10. The molecule has 23 heavy (non-hydrogen) atoms. The molecule has 9 nitrogen and oxygen atoms in total. The number of aromatic nitrogens is 4. The zero-order valence-corrected chi connectivity index (χ0v) is 12.7. The van der Waals surface area contributed by atoms with Gasteiger partial charge in [-0.3, -0.25) is 4.57 Å². The standard InChI is InChI=1S/C13H18FN5O4/c1-3-22-10-7-9(17-12(15)18-10)19(5-16-7)11-13(2,21)8(14)6(4-20)23-11/h5-6,8,11,20-21H,3-4H2,1-2H3,(H2,15,17,18)/t6-,8-,11+,13-/m1/s1. The number of fused-ring (bicyclic) bond motifs is 1. The minimum Gasteiger partial charge on any atom is -0.476 e. The molecule has 3 rings (SSSR count). The molecule has 0 amide bonds. The number of aliphatic hydroxyl groups excluding tert-OH is 1.